The van der Waals surface area contributed by atoms with E-state index >= 15 is 0 Å². The first-order chi connectivity index (χ1) is 6.93. The highest BCUT2D eigenvalue weighted by atomic mass is 15.2. The van der Waals surface area contributed by atoms with Gasteiger partial charge in [0, 0.05) is 18.3 Å². The molecule has 2 heterocycles. The van der Waals surface area contributed by atoms with Crippen molar-refractivity contribution in [1.82, 2.24) is 25.1 Å². The molecule has 0 spiro atoms. The Balaban J connectivity index is 1.96. The van der Waals surface area contributed by atoms with Crippen LogP contribution in [0.3, 0.4) is 0 Å². The largest absolute Gasteiger partial charge is 0.262 e. The summed E-state index contributed by atoms with van der Waals surface area (Å²) in [6, 6.07) is 1.78. The number of hydrogen-bond donors (Lipinski definition) is 1. The smallest absolute Gasteiger partial charge is 0.218 e. The fourth-order valence-corrected chi connectivity index (χ4v) is 1.33. The number of nitrogens with zero attached hydrogens (tertiary/aromatic N) is 4. The van der Waals surface area contributed by atoms with Crippen LogP contribution in [0.5, 0.6) is 0 Å². The molecule has 1 aliphatic rings. The van der Waals surface area contributed by atoms with Gasteiger partial charge in [-0.25, -0.2) is 15.0 Å². The number of nitrogens with one attached hydrogen (secondary N) is 1. The van der Waals surface area contributed by atoms with Gasteiger partial charge in [-0.1, -0.05) is 0 Å². The minimum atomic E-state index is 0.579. The van der Waals surface area contributed by atoms with Gasteiger partial charge in [-0.05, 0) is 18.9 Å². The lowest BCUT2D eigenvalue weighted by molar-refractivity contribution is 0.934. The van der Waals surface area contributed by atoms with Gasteiger partial charge in [0.1, 0.15) is 5.82 Å². The molecule has 0 saturated heterocycles. The second-order valence-corrected chi connectivity index (χ2v) is 3.39. The van der Waals surface area contributed by atoms with Crippen LogP contribution in [0.2, 0.25) is 0 Å². The molecule has 2 aromatic heterocycles. The number of hydrogen-bond acceptors (Lipinski definition) is 4. The van der Waals surface area contributed by atoms with Crippen molar-refractivity contribution in [2.75, 3.05) is 0 Å². The Labute approximate surface area is 80.6 Å². The lowest BCUT2D eigenvalue weighted by Crippen LogP contribution is -1.88. The third kappa shape index (κ3) is 1.26. The van der Waals surface area contributed by atoms with Crippen molar-refractivity contribution in [2.24, 2.45) is 0 Å². The standard InChI is InChI=1S/C9H9N5/c1-4-10-8(11-5-1)9-12-7(13-14-9)6-2-3-6/h1,4-6H,2-3H2,(H,12,13,14). The number of rotatable bonds is 2. The zero-order chi connectivity index (χ0) is 9.38. The number of aromatic nitrogens is 5. The topological polar surface area (TPSA) is 67.3 Å². The van der Waals surface area contributed by atoms with Crippen LogP contribution in [0.1, 0.15) is 24.6 Å². The summed E-state index contributed by atoms with van der Waals surface area (Å²) in [4.78, 5) is 12.5. The maximum Gasteiger partial charge on any atom is 0.218 e. The maximum absolute atomic E-state index is 4.35. The molecule has 70 valence electrons. The van der Waals surface area contributed by atoms with Crippen LogP contribution < -0.4 is 0 Å². The van der Waals surface area contributed by atoms with E-state index in [1.807, 2.05) is 0 Å². The van der Waals surface area contributed by atoms with Crippen molar-refractivity contribution in [3.8, 4) is 11.6 Å². The Hall–Kier alpha value is -1.78. The lowest BCUT2D eigenvalue weighted by Gasteiger charge is -1.89. The highest BCUT2D eigenvalue weighted by Crippen LogP contribution is 2.38. The van der Waals surface area contributed by atoms with Gasteiger partial charge in [0.15, 0.2) is 5.82 Å². The second kappa shape index (κ2) is 2.87. The summed E-state index contributed by atoms with van der Waals surface area (Å²) in [6.07, 6.45) is 5.81. The minimum absolute atomic E-state index is 0.579. The summed E-state index contributed by atoms with van der Waals surface area (Å²) in [7, 11) is 0. The van der Waals surface area contributed by atoms with Gasteiger partial charge in [0.25, 0.3) is 0 Å². The molecule has 0 aromatic carbocycles. The van der Waals surface area contributed by atoms with Crippen molar-refractivity contribution >= 4 is 0 Å². The van der Waals surface area contributed by atoms with E-state index in [9.17, 15) is 0 Å². The first kappa shape index (κ1) is 7.61. The Morgan fingerprint density at radius 1 is 1.14 bits per heavy atom. The predicted octanol–water partition coefficient (Wildman–Crippen LogP) is 1.14. The fourth-order valence-electron chi connectivity index (χ4n) is 1.33. The molecule has 0 amide bonds. The Bertz CT molecular complexity index is 431. The molecule has 0 aliphatic heterocycles. The second-order valence-electron chi connectivity index (χ2n) is 3.39. The van der Waals surface area contributed by atoms with Gasteiger partial charge in [-0.3, -0.25) is 5.10 Å². The van der Waals surface area contributed by atoms with Crippen LogP contribution >= 0.6 is 0 Å². The molecule has 0 atom stereocenters. The average molecular weight is 187 g/mol. The van der Waals surface area contributed by atoms with Crippen molar-refractivity contribution in [3.05, 3.63) is 24.3 Å². The fraction of sp³-hybridized carbons (Fsp3) is 0.333. The molecule has 1 saturated carbocycles. The van der Waals surface area contributed by atoms with Crippen LogP contribution in [-0.2, 0) is 0 Å². The average Bonchev–Trinajstić information content (AvgIpc) is 2.98. The molecular formula is C9H9N5. The van der Waals surface area contributed by atoms with Crippen molar-refractivity contribution in [3.63, 3.8) is 0 Å². The van der Waals surface area contributed by atoms with E-state index in [4.69, 9.17) is 0 Å². The summed E-state index contributed by atoms with van der Waals surface area (Å²) in [5.74, 6) is 2.72. The quantitative estimate of drug-likeness (QED) is 0.765. The molecule has 5 nitrogen and oxygen atoms in total. The van der Waals surface area contributed by atoms with Crippen molar-refractivity contribution in [2.45, 2.75) is 18.8 Å². The molecule has 0 unspecified atom stereocenters. The molecule has 2 aromatic rings. The van der Waals surface area contributed by atoms with Crippen molar-refractivity contribution in [1.29, 1.82) is 0 Å². The lowest BCUT2D eigenvalue weighted by atomic mass is 10.4. The molecule has 0 bridgehead atoms. The summed E-state index contributed by atoms with van der Waals surface area (Å²) in [5.41, 5.74) is 0. The van der Waals surface area contributed by atoms with E-state index in [0.717, 1.165) is 5.82 Å². The molecule has 14 heavy (non-hydrogen) atoms. The molecule has 1 N–H and O–H groups in total. The Kier molecular flexibility index (Phi) is 1.56. The first-order valence-corrected chi connectivity index (χ1v) is 4.63. The zero-order valence-electron chi connectivity index (χ0n) is 7.51. The van der Waals surface area contributed by atoms with E-state index in [2.05, 4.69) is 25.1 Å². The number of H-pyrrole nitrogens is 1. The molecule has 1 aliphatic carbocycles. The molecule has 5 heteroatoms. The monoisotopic (exact) mass is 187 g/mol. The maximum atomic E-state index is 4.35. The van der Waals surface area contributed by atoms with E-state index in [1.54, 1.807) is 18.5 Å². The van der Waals surface area contributed by atoms with E-state index in [1.165, 1.54) is 12.8 Å². The third-order valence-corrected chi connectivity index (χ3v) is 2.23. The van der Waals surface area contributed by atoms with Gasteiger partial charge in [0.05, 0.1) is 0 Å². The van der Waals surface area contributed by atoms with Gasteiger partial charge in [0.2, 0.25) is 5.82 Å². The highest BCUT2D eigenvalue weighted by molar-refractivity contribution is 5.41. The van der Waals surface area contributed by atoms with Gasteiger partial charge in [-0.15, -0.1) is 5.10 Å². The SMILES string of the molecule is c1cnc(-c2n[nH]c(C3CC3)n2)nc1. The van der Waals surface area contributed by atoms with E-state index in [-0.39, 0.29) is 0 Å². The summed E-state index contributed by atoms with van der Waals surface area (Å²) < 4.78 is 0. The number of aromatic amines is 1. The molecule has 3 rings (SSSR count). The van der Waals surface area contributed by atoms with Gasteiger partial charge < -0.3 is 0 Å². The van der Waals surface area contributed by atoms with Crippen LogP contribution in [-0.4, -0.2) is 25.1 Å². The van der Waals surface area contributed by atoms with Crippen LogP contribution in [0, 0.1) is 0 Å². The first-order valence-electron chi connectivity index (χ1n) is 4.63. The third-order valence-electron chi connectivity index (χ3n) is 2.23. The van der Waals surface area contributed by atoms with Crippen LogP contribution in [0.25, 0.3) is 11.6 Å². The summed E-state index contributed by atoms with van der Waals surface area (Å²) >= 11 is 0. The molecule has 0 radical (unpaired) electrons. The summed E-state index contributed by atoms with van der Waals surface area (Å²) in [5, 5.41) is 7.01. The van der Waals surface area contributed by atoms with Gasteiger partial charge >= 0.3 is 0 Å². The van der Waals surface area contributed by atoms with E-state index in [0.29, 0.717) is 17.6 Å². The van der Waals surface area contributed by atoms with Gasteiger partial charge in [-0.2, -0.15) is 0 Å². The van der Waals surface area contributed by atoms with Crippen LogP contribution in [0.4, 0.5) is 0 Å². The summed E-state index contributed by atoms with van der Waals surface area (Å²) in [6.45, 7) is 0. The van der Waals surface area contributed by atoms with E-state index < -0.39 is 0 Å². The Morgan fingerprint density at radius 2 is 1.93 bits per heavy atom. The van der Waals surface area contributed by atoms with Crippen molar-refractivity contribution < 1.29 is 0 Å². The normalized spacial score (nSPS) is 15.7. The molecular weight excluding hydrogens is 178 g/mol. The zero-order valence-corrected chi connectivity index (χ0v) is 7.51. The predicted molar refractivity (Wildman–Crippen MR) is 49.4 cm³/mol. The Morgan fingerprint density at radius 3 is 2.64 bits per heavy atom. The minimum Gasteiger partial charge on any atom is -0.262 e. The highest BCUT2D eigenvalue weighted by Gasteiger charge is 2.27. The van der Waals surface area contributed by atoms with Crippen LogP contribution in [0.15, 0.2) is 18.5 Å². The molecule has 1 fully saturated rings.